The standard InChI is InChI=1S/C14H20N4OS2/c1-2-17-13(12-6-4-8-21-12)15-18(14(17)20)10-16-7-3-5-11(19)9-16/h4,6,8,11,19H,2-3,5,7,9-10H2,1H3/p+1/t11-/m0/s1. The molecule has 0 aromatic carbocycles. The predicted molar refractivity (Wildman–Crippen MR) is 86.0 cm³/mol. The van der Waals surface area contributed by atoms with Gasteiger partial charge in [0.2, 0.25) is 4.77 Å². The topological polar surface area (TPSA) is 47.4 Å². The van der Waals surface area contributed by atoms with Gasteiger partial charge in [0.15, 0.2) is 12.5 Å². The minimum Gasteiger partial charge on any atom is -0.387 e. The molecular formula is C14H21N4OS2+. The molecule has 0 radical (unpaired) electrons. The van der Waals surface area contributed by atoms with Crippen molar-refractivity contribution in [3.8, 4) is 10.7 Å². The number of nitrogens with one attached hydrogen (secondary N) is 1. The van der Waals surface area contributed by atoms with E-state index in [0.29, 0.717) is 0 Å². The zero-order valence-electron chi connectivity index (χ0n) is 12.2. The van der Waals surface area contributed by atoms with Gasteiger partial charge in [-0.2, -0.15) is 4.68 Å². The van der Waals surface area contributed by atoms with Gasteiger partial charge < -0.3 is 10.0 Å². The number of piperidine rings is 1. The highest BCUT2D eigenvalue weighted by Crippen LogP contribution is 2.23. The Labute approximate surface area is 133 Å². The van der Waals surface area contributed by atoms with Gasteiger partial charge in [0, 0.05) is 6.54 Å². The van der Waals surface area contributed by atoms with E-state index in [4.69, 9.17) is 17.3 Å². The van der Waals surface area contributed by atoms with Crippen molar-refractivity contribution in [2.75, 3.05) is 13.1 Å². The average molecular weight is 325 g/mol. The number of hydrogen-bond acceptors (Lipinski definition) is 4. The molecule has 2 atom stereocenters. The fourth-order valence-electron chi connectivity index (χ4n) is 2.90. The quantitative estimate of drug-likeness (QED) is 0.830. The van der Waals surface area contributed by atoms with Gasteiger partial charge >= 0.3 is 0 Å². The third-order valence-electron chi connectivity index (χ3n) is 3.95. The lowest BCUT2D eigenvalue weighted by molar-refractivity contribution is -0.931. The number of quaternary nitrogens is 1. The highest BCUT2D eigenvalue weighted by Gasteiger charge is 2.23. The van der Waals surface area contributed by atoms with Gasteiger partial charge in [0.1, 0.15) is 12.6 Å². The maximum atomic E-state index is 9.80. The molecule has 0 saturated carbocycles. The highest BCUT2D eigenvalue weighted by atomic mass is 32.1. The number of aliphatic hydroxyl groups excluding tert-OH is 1. The maximum Gasteiger partial charge on any atom is 0.203 e. The van der Waals surface area contributed by atoms with Crippen LogP contribution in [-0.4, -0.2) is 38.6 Å². The van der Waals surface area contributed by atoms with E-state index in [1.807, 2.05) is 10.7 Å². The van der Waals surface area contributed by atoms with Crippen molar-refractivity contribution in [1.29, 1.82) is 0 Å². The van der Waals surface area contributed by atoms with Crippen molar-refractivity contribution in [2.45, 2.75) is 39.1 Å². The first-order valence-corrected chi connectivity index (χ1v) is 8.71. The molecule has 0 aliphatic carbocycles. The molecule has 2 aromatic heterocycles. The van der Waals surface area contributed by atoms with Crippen LogP contribution in [-0.2, 0) is 13.2 Å². The summed E-state index contributed by atoms with van der Waals surface area (Å²) in [5.41, 5.74) is 0. The van der Waals surface area contributed by atoms with Crippen molar-refractivity contribution in [3.05, 3.63) is 22.3 Å². The molecule has 2 N–H and O–H groups in total. The number of aromatic nitrogens is 3. The zero-order chi connectivity index (χ0) is 14.8. The lowest BCUT2D eigenvalue weighted by atomic mass is 10.1. The maximum absolute atomic E-state index is 9.80. The lowest BCUT2D eigenvalue weighted by Gasteiger charge is -2.26. The van der Waals surface area contributed by atoms with Gasteiger partial charge in [-0.05, 0) is 43.4 Å². The number of aliphatic hydroxyl groups is 1. The number of thiophene rings is 1. The molecule has 1 aliphatic heterocycles. The number of nitrogens with zero attached hydrogens (tertiary/aromatic N) is 3. The third-order valence-corrected chi connectivity index (χ3v) is 5.24. The van der Waals surface area contributed by atoms with Crippen LogP contribution in [0, 0.1) is 4.77 Å². The summed E-state index contributed by atoms with van der Waals surface area (Å²) in [6, 6.07) is 4.12. The van der Waals surface area contributed by atoms with Crippen LogP contribution in [0.2, 0.25) is 0 Å². The molecule has 0 bridgehead atoms. The number of hydrogen-bond donors (Lipinski definition) is 2. The molecule has 3 rings (SSSR count). The van der Waals surface area contributed by atoms with Crippen LogP contribution in [0.3, 0.4) is 0 Å². The summed E-state index contributed by atoms with van der Waals surface area (Å²) >= 11 is 7.26. The van der Waals surface area contributed by atoms with Gasteiger partial charge in [-0.3, -0.25) is 4.57 Å². The Hall–Kier alpha value is -1.02. The second kappa shape index (κ2) is 6.39. The van der Waals surface area contributed by atoms with E-state index in [0.717, 1.165) is 54.6 Å². The molecule has 114 valence electrons. The minimum absolute atomic E-state index is 0.187. The summed E-state index contributed by atoms with van der Waals surface area (Å²) in [6.45, 7) is 5.52. The third kappa shape index (κ3) is 3.11. The minimum atomic E-state index is -0.187. The lowest BCUT2D eigenvalue weighted by Crippen LogP contribution is -3.13. The van der Waals surface area contributed by atoms with Crippen molar-refractivity contribution in [1.82, 2.24) is 14.3 Å². The molecule has 3 heterocycles. The Morgan fingerprint density at radius 3 is 3.10 bits per heavy atom. The van der Waals surface area contributed by atoms with Crippen LogP contribution in [0.1, 0.15) is 19.8 Å². The molecule has 0 amide bonds. The van der Waals surface area contributed by atoms with Crippen LogP contribution in [0.15, 0.2) is 17.5 Å². The zero-order valence-corrected chi connectivity index (χ0v) is 13.8. The number of likely N-dealkylation sites (tertiary alicyclic amines) is 1. The normalized spacial score (nSPS) is 22.6. The first-order chi connectivity index (χ1) is 10.2. The average Bonchev–Trinajstić information content (AvgIpc) is 3.08. The summed E-state index contributed by atoms with van der Waals surface area (Å²) < 4.78 is 4.77. The first kappa shape index (κ1) is 14.9. The van der Waals surface area contributed by atoms with E-state index >= 15 is 0 Å². The first-order valence-electron chi connectivity index (χ1n) is 7.42. The van der Waals surface area contributed by atoms with Gasteiger partial charge in [0.05, 0.1) is 11.4 Å². The Morgan fingerprint density at radius 2 is 2.43 bits per heavy atom. The van der Waals surface area contributed by atoms with Crippen LogP contribution in [0.5, 0.6) is 0 Å². The van der Waals surface area contributed by atoms with Crippen molar-refractivity contribution in [3.63, 3.8) is 0 Å². The van der Waals surface area contributed by atoms with E-state index in [9.17, 15) is 5.11 Å². The van der Waals surface area contributed by atoms with Crippen LogP contribution < -0.4 is 4.90 Å². The Kier molecular flexibility index (Phi) is 4.54. The van der Waals surface area contributed by atoms with Gasteiger partial charge in [-0.15, -0.1) is 16.4 Å². The fourth-order valence-corrected chi connectivity index (χ4v) is 3.94. The van der Waals surface area contributed by atoms with Gasteiger partial charge in [-0.25, -0.2) is 0 Å². The van der Waals surface area contributed by atoms with E-state index < -0.39 is 0 Å². The summed E-state index contributed by atoms with van der Waals surface area (Å²) in [5.74, 6) is 0.953. The molecule has 1 saturated heterocycles. The Balaban J connectivity index is 1.87. The molecule has 21 heavy (non-hydrogen) atoms. The predicted octanol–water partition coefficient (Wildman–Crippen LogP) is 1.16. The molecule has 5 nitrogen and oxygen atoms in total. The van der Waals surface area contributed by atoms with Gasteiger partial charge in [-0.1, -0.05) is 6.07 Å². The summed E-state index contributed by atoms with van der Waals surface area (Å²) in [6.07, 6.45) is 1.79. The van der Waals surface area contributed by atoms with E-state index in [1.54, 1.807) is 11.3 Å². The summed E-state index contributed by atoms with van der Waals surface area (Å²) in [7, 11) is 0. The largest absolute Gasteiger partial charge is 0.387 e. The van der Waals surface area contributed by atoms with E-state index in [2.05, 4.69) is 22.9 Å². The second-order valence-electron chi connectivity index (χ2n) is 5.49. The smallest absolute Gasteiger partial charge is 0.203 e. The molecule has 0 spiro atoms. The van der Waals surface area contributed by atoms with Crippen LogP contribution in [0.25, 0.3) is 10.7 Å². The van der Waals surface area contributed by atoms with Crippen molar-refractivity contribution in [2.24, 2.45) is 0 Å². The molecule has 1 fully saturated rings. The molecule has 2 aromatic rings. The van der Waals surface area contributed by atoms with Crippen LogP contribution >= 0.6 is 23.6 Å². The van der Waals surface area contributed by atoms with Gasteiger partial charge in [0.25, 0.3) is 0 Å². The number of rotatable bonds is 4. The Bertz CT molecular complexity index is 646. The summed E-state index contributed by atoms with van der Waals surface area (Å²) in [4.78, 5) is 2.50. The Morgan fingerprint density at radius 1 is 1.57 bits per heavy atom. The summed E-state index contributed by atoms with van der Waals surface area (Å²) in [5, 5.41) is 16.6. The second-order valence-corrected chi connectivity index (χ2v) is 6.80. The van der Waals surface area contributed by atoms with Crippen molar-refractivity contribution >= 4 is 23.6 Å². The molecular weight excluding hydrogens is 304 g/mol. The van der Waals surface area contributed by atoms with Crippen LogP contribution in [0.4, 0.5) is 0 Å². The van der Waals surface area contributed by atoms with Crippen molar-refractivity contribution < 1.29 is 10.0 Å². The monoisotopic (exact) mass is 325 g/mol. The fraction of sp³-hybridized carbons (Fsp3) is 0.571. The molecule has 7 heteroatoms. The molecule has 1 unspecified atom stereocenters. The van der Waals surface area contributed by atoms with E-state index in [1.165, 1.54) is 4.90 Å². The highest BCUT2D eigenvalue weighted by molar-refractivity contribution is 7.71. The molecule has 1 aliphatic rings. The van der Waals surface area contributed by atoms with E-state index in [-0.39, 0.29) is 6.10 Å². The SMILES string of the molecule is CCn1c(-c2cccs2)nn(C[NH+]2CCC[C@H](O)C2)c1=S.